The van der Waals surface area contributed by atoms with E-state index in [0.29, 0.717) is 6.61 Å². The summed E-state index contributed by atoms with van der Waals surface area (Å²) in [5.74, 6) is 0.950. The van der Waals surface area contributed by atoms with Crippen molar-refractivity contribution in [1.82, 2.24) is 10.2 Å². The molecule has 2 saturated heterocycles. The van der Waals surface area contributed by atoms with E-state index in [1.807, 2.05) is 0 Å². The van der Waals surface area contributed by atoms with Crippen LogP contribution in [-0.4, -0.2) is 69.0 Å². The number of rotatable bonds is 6. The van der Waals surface area contributed by atoms with Gasteiger partial charge in [-0.25, -0.2) is 0 Å². The molecule has 1 atom stereocenters. The zero-order valence-electron chi connectivity index (χ0n) is 16.0. The van der Waals surface area contributed by atoms with E-state index < -0.39 is 0 Å². The summed E-state index contributed by atoms with van der Waals surface area (Å²) in [5, 5.41) is 3.57. The number of piperazine rings is 1. The van der Waals surface area contributed by atoms with Gasteiger partial charge in [-0.05, 0) is 45.0 Å². The summed E-state index contributed by atoms with van der Waals surface area (Å²) in [7, 11) is 0. The molecule has 0 aromatic heterocycles. The average molecular weight is 348 g/mol. The highest BCUT2D eigenvalue weighted by Gasteiger charge is 2.19. The van der Waals surface area contributed by atoms with Gasteiger partial charge in [0, 0.05) is 56.9 Å². The average Bonchev–Trinajstić information content (AvgIpc) is 3.08. The van der Waals surface area contributed by atoms with Crippen LogP contribution in [0.15, 0.2) is 24.3 Å². The van der Waals surface area contributed by atoms with Crippen molar-refractivity contribution < 1.29 is 9.47 Å². The summed E-state index contributed by atoms with van der Waals surface area (Å²) in [5.41, 5.74) is 1.50. The van der Waals surface area contributed by atoms with Crippen molar-refractivity contribution >= 4 is 5.69 Å². The summed E-state index contributed by atoms with van der Waals surface area (Å²) >= 11 is 0. The van der Waals surface area contributed by atoms with Crippen molar-refractivity contribution in [2.45, 2.75) is 38.8 Å². The van der Waals surface area contributed by atoms with Crippen LogP contribution >= 0.6 is 0 Å². The summed E-state index contributed by atoms with van der Waals surface area (Å²) in [4.78, 5) is 5.02. The Kier molecular flexibility index (Phi) is 6.20. The molecule has 0 saturated carbocycles. The minimum atomic E-state index is 0.205. The first-order chi connectivity index (χ1) is 12.0. The van der Waals surface area contributed by atoms with E-state index in [0.717, 1.165) is 58.0 Å². The minimum absolute atomic E-state index is 0.205. The molecule has 0 unspecified atom stereocenters. The molecule has 0 radical (unpaired) electrons. The molecule has 0 amide bonds. The second-order valence-electron chi connectivity index (χ2n) is 8.10. The Morgan fingerprint density at radius 3 is 2.44 bits per heavy atom. The Balaban J connectivity index is 1.41. The normalized spacial score (nSPS) is 22.4. The van der Waals surface area contributed by atoms with E-state index >= 15 is 0 Å². The monoisotopic (exact) mass is 347 g/mol. The molecule has 2 heterocycles. The number of ether oxygens (including phenoxy) is 2. The molecule has 0 aliphatic carbocycles. The fraction of sp³-hybridized carbons (Fsp3) is 0.700. The van der Waals surface area contributed by atoms with Gasteiger partial charge in [-0.2, -0.15) is 0 Å². The summed E-state index contributed by atoms with van der Waals surface area (Å²) < 4.78 is 11.3. The topological polar surface area (TPSA) is 37.0 Å². The van der Waals surface area contributed by atoms with Crippen LogP contribution in [0.3, 0.4) is 0 Å². The first-order valence-corrected chi connectivity index (χ1v) is 9.56. The van der Waals surface area contributed by atoms with Gasteiger partial charge in [-0.3, -0.25) is 4.90 Å². The van der Waals surface area contributed by atoms with Gasteiger partial charge in [0.15, 0.2) is 0 Å². The molecule has 5 nitrogen and oxygen atoms in total. The summed E-state index contributed by atoms with van der Waals surface area (Å²) in [6, 6.07) is 8.55. The van der Waals surface area contributed by atoms with Crippen LogP contribution in [-0.2, 0) is 4.74 Å². The third-order valence-corrected chi connectivity index (χ3v) is 4.85. The van der Waals surface area contributed by atoms with Gasteiger partial charge in [0.2, 0.25) is 0 Å². The second kappa shape index (κ2) is 8.39. The van der Waals surface area contributed by atoms with Gasteiger partial charge in [-0.15, -0.1) is 0 Å². The van der Waals surface area contributed by atoms with Crippen LogP contribution in [0, 0.1) is 0 Å². The van der Waals surface area contributed by atoms with Gasteiger partial charge >= 0.3 is 0 Å². The zero-order chi connectivity index (χ0) is 17.7. The lowest BCUT2D eigenvalue weighted by Crippen LogP contribution is -2.49. The van der Waals surface area contributed by atoms with Crippen LogP contribution in [0.25, 0.3) is 0 Å². The van der Waals surface area contributed by atoms with Crippen LogP contribution < -0.4 is 15.0 Å². The molecule has 2 aliphatic heterocycles. The molecule has 1 aromatic rings. The standard InChI is InChI=1S/C20H33N3O2/c1-20(2,3)21-9-10-22-11-13-23(14-12-22)17-4-6-18(7-5-17)25-19-8-15-24-16-19/h4-7,19,21H,8-16H2,1-3H3/t19-/m0/s1. The maximum Gasteiger partial charge on any atom is 0.124 e. The zero-order valence-corrected chi connectivity index (χ0v) is 16.0. The third kappa shape index (κ3) is 5.87. The van der Waals surface area contributed by atoms with Gasteiger partial charge in [0.05, 0.1) is 13.2 Å². The van der Waals surface area contributed by atoms with Crippen LogP contribution in [0.4, 0.5) is 5.69 Å². The van der Waals surface area contributed by atoms with E-state index in [-0.39, 0.29) is 11.6 Å². The smallest absolute Gasteiger partial charge is 0.124 e. The van der Waals surface area contributed by atoms with Crippen molar-refractivity contribution in [1.29, 1.82) is 0 Å². The minimum Gasteiger partial charge on any atom is -0.488 e. The molecule has 1 aromatic carbocycles. The molecule has 3 rings (SSSR count). The maximum absolute atomic E-state index is 5.95. The molecule has 2 aliphatic rings. The number of nitrogens with zero attached hydrogens (tertiary/aromatic N) is 2. The molecule has 2 fully saturated rings. The third-order valence-electron chi connectivity index (χ3n) is 4.85. The van der Waals surface area contributed by atoms with Crippen molar-refractivity contribution in [2.24, 2.45) is 0 Å². The largest absolute Gasteiger partial charge is 0.488 e. The number of anilines is 1. The Morgan fingerprint density at radius 1 is 1.12 bits per heavy atom. The molecule has 140 valence electrons. The van der Waals surface area contributed by atoms with Crippen molar-refractivity contribution in [3.05, 3.63) is 24.3 Å². The predicted octanol–water partition coefficient (Wildman–Crippen LogP) is 2.36. The van der Waals surface area contributed by atoms with Crippen LogP contribution in [0.5, 0.6) is 5.75 Å². The van der Waals surface area contributed by atoms with Gasteiger partial charge in [-0.1, -0.05) is 0 Å². The fourth-order valence-electron chi connectivity index (χ4n) is 3.35. The van der Waals surface area contributed by atoms with E-state index in [4.69, 9.17) is 9.47 Å². The number of hydrogen-bond acceptors (Lipinski definition) is 5. The molecular weight excluding hydrogens is 314 g/mol. The Hall–Kier alpha value is -1.30. The molecule has 0 bridgehead atoms. The maximum atomic E-state index is 5.95. The van der Waals surface area contributed by atoms with E-state index in [9.17, 15) is 0 Å². The first-order valence-electron chi connectivity index (χ1n) is 9.56. The van der Waals surface area contributed by atoms with Gasteiger partial charge < -0.3 is 19.7 Å². The number of benzene rings is 1. The molecule has 5 heteroatoms. The van der Waals surface area contributed by atoms with Crippen LogP contribution in [0.1, 0.15) is 27.2 Å². The molecule has 1 N–H and O–H groups in total. The summed E-state index contributed by atoms with van der Waals surface area (Å²) in [6.45, 7) is 14.8. The number of nitrogens with one attached hydrogen (secondary N) is 1. The molecule has 25 heavy (non-hydrogen) atoms. The lowest BCUT2D eigenvalue weighted by atomic mass is 10.1. The highest BCUT2D eigenvalue weighted by Crippen LogP contribution is 2.22. The number of hydrogen-bond donors (Lipinski definition) is 1. The van der Waals surface area contributed by atoms with E-state index in [2.05, 4.69) is 60.2 Å². The molecular formula is C20H33N3O2. The van der Waals surface area contributed by atoms with Gasteiger partial charge in [0.1, 0.15) is 11.9 Å². The van der Waals surface area contributed by atoms with Crippen molar-refractivity contribution in [2.75, 3.05) is 57.4 Å². The van der Waals surface area contributed by atoms with Crippen molar-refractivity contribution in [3.8, 4) is 5.75 Å². The van der Waals surface area contributed by atoms with Gasteiger partial charge in [0.25, 0.3) is 0 Å². The summed E-state index contributed by atoms with van der Waals surface area (Å²) in [6.07, 6.45) is 1.21. The Bertz CT molecular complexity index is 513. The highest BCUT2D eigenvalue weighted by atomic mass is 16.5. The Labute approximate surface area is 152 Å². The molecule has 0 spiro atoms. The van der Waals surface area contributed by atoms with Crippen molar-refractivity contribution in [3.63, 3.8) is 0 Å². The van der Waals surface area contributed by atoms with E-state index in [1.54, 1.807) is 0 Å². The lowest BCUT2D eigenvalue weighted by molar-refractivity contribution is 0.141. The SMILES string of the molecule is CC(C)(C)NCCN1CCN(c2ccc(O[C@H]3CCOC3)cc2)CC1. The lowest BCUT2D eigenvalue weighted by Gasteiger charge is -2.36. The second-order valence-corrected chi connectivity index (χ2v) is 8.10. The van der Waals surface area contributed by atoms with Crippen LogP contribution in [0.2, 0.25) is 0 Å². The van der Waals surface area contributed by atoms with E-state index in [1.165, 1.54) is 5.69 Å². The quantitative estimate of drug-likeness (QED) is 0.855. The fourth-order valence-corrected chi connectivity index (χ4v) is 3.35. The Morgan fingerprint density at radius 2 is 1.84 bits per heavy atom. The highest BCUT2D eigenvalue weighted by molar-refractivity contribution is 5.49. The predicted molar refractivity (Wildman–Crippen MR) is 103 cm³/mol. The first kappa shape index (κ1) is 18.5.